The minimum Gasteiger partial charge on any atom is -0.354 e. The molecule has 0 spiro atoms. The molecule has 1 N–H and O–H groups in total. The molecule has 1 aromatic heterocycles. The van der Waals surface area contributed by atoms with Gasteiger partial charge in [-0.2, -0.15) is 0 Å². The van der Waals surface area contributed by atoms with E-state index in [2.05, 4.69) is 5.32 Å². The van der Waals surface area contributed by atoms with Crippen LogP contribution < -0.4 is 10.9 Å². The number of hydrogen-bond acceptors (Lipinski definition) is 2. The van der Waals surface area contributed by atoms with E-state index in [9.17, 15) is 9.59 Å². The minimum atomic E-state index is -0.133. The second kappa shape index (κ2) is 5.69. The molecule has 0 fully saturated rings. The lowest BCUT2D eigenvalue weighted by atomic mass is 10.2. The molecule has 0 atom stereocenters. The Hall–Kier alpha value is -2.10. The van der Waals surface area contributed by atoms with Crippen LogP contribution in [0.1, 0.15) is 13.8 Å². The number of carbonyl (C=O) groups excluding carboxylic acids is 1. The fraction of sp³-hybridized carbons (Fsp3) is 0.333. The van der Waals surface area contributed by atoms with Gasteiger partial charge in [0.05, 0.1) is 0 Å². The van der Waals surface area contributed by atoms with Crippen LogP contribution in [-0.2, 0) is 11.3 Å². The molecule has 0 unspecified atom stereocenters. The number of aromatic nitrogens is 1. The maximum atomic E-state index is 12.2. The highest BCUT2D eigenvalue weighted by atomic mass is 16.2. The molecule has 0 aliphatic rings. The summed E-state index contributed by atoms with van der Waals surface area (Å²) in [6, 6.07) is 9.24. The summed E-state index contributed by atoms with van der Waals surface area (Å²) >= 11 is 0. The first-order valence-corrected chi connectivity index (χ1v) is 6.43. The van der Waals surface area contributed by atoms with Crippen molar-refractivity contribution in [1.82, 2.24) is 9.88 Å². The van der Waals surface area contributed by atoms with Crippen LogP contribution >= 0.6 is 0 Å². The number of rotatable bonds is 4. The average Bonchev–Trinajstić information content (AvgIpc) is 2.40. The van der Waals surface area contributed by atoms with Crippen molar-refractivity contribution in [2.45, 2.75) is 20.4 Å². The van der Waals surface area contributed by atoms with Crippen LogP contribution in [0.15, 0.2) is 41.3 Å². The smallest absolute Gasteiger partial charge is 0.258 e. The molecule has 0 saturated heterocycles. The lowest BCUT2D eigenvalue weighted by molar-refractivity contribution is -0.121. The van der Waals surface area contributed by atoms with E-state index in [4.69, 9.17) is 0 Å². The van der Waals surface area contributed by atoms with E-state index >= 15 is 0 Å². The molecule has 1 amide bonds. The second-order valence-electron chi connectivity index (χ2n) is 5.03. The average molecular weight is 258 g/mol. The predicted octanol–water partition coefficient (Wildman–Crippen LogP) is 1.77. The van der Waals surface area contributed by atoms with Crippen LogP contribution in [0.4, 0.5) is 0 Å². The van der Waals surface area contributed by atoms with Crippen molar-refractivity contribution in [3.63, 3.8) is 0 Å². The van der Waals surface area contributed by atoms with E-state index < -0.39 is 0 Å². The molecule has 4 nitrogen and oxygen atoms in total. The van der Waals surface area contributed by atoms with E-state index in [-0.39, 0.29) is 18.0 Å². The van der Waals surface area contributed by atoms with Gasteiger partial charge in [0.2, 0.25) is 5.91 Å². The van der Waals surface area contributed by atoms with Crippen LogP contribution in [0, 0.1) is 5.92 Å². The standard InChI is InChI=1S/C15H18N2O2/c1-11(2)9-16-14(18)10-17-8-7-12-5-3-4-6-13(12)15(17)19/h3-8,11H,9-10H2,1-2H3,(H,16,18). The van der Waals surface area contributed by atoms with Crippen LogP contribution in [0.2, 0.25) is 0 Å². The van der Waals surface area contributed by atoms with Crippen LogP contribution in [0.3, 0.4) is 0 Å². The van der Waals surface area contributed by atoms with Gasteiger partial charge in [-0.1, -0.05) is 32.0 Å². The number of carbonyl (C=O) groups is 1. The monoisotopic (exact) mass is 258 g/mol. The van der Waals surface area contributed by atoms with Crippen molar-refractivity contribution in [2.75, 3.05) is 6.54 Å². The Labute approximate surface area is 112 Å². The van der Waals surface area contributed by atoms with Gasteiger partial charge in [0, 0.05) is 18.1 Å². The minimum absolute atomic E-state index is 0.0659. The Morgan fingerprint density at radius 2 is 2.00 bits per heavy atom. The molecule has 100 valence electrons. The summed E-state index contributed by atoms with van der Waals surface area (Å²) in [5.41, 5.74) is -0.127. The number of hydrogen-bond donors (Lipinski definition) is 1. The lowest BCUT2D eigenvalue weighted by Gasteiger charge is -2.09. The first-order valence-electron chi connectivity index (χ1n) is 6.43. The third kappa shape index (κ3) is 3.22. The zero-order valence-electron chi connectivity index (χ0n) is 11.2. The highest BCUT2D eigenvalue weighted by molar-refractivity contribution is 5.82. The Morgan fingerprint density at radius 3 is 2.74 bits per heavy atom. The van der Waals surface area contributed by atoms with Crippen molar-refractivity contribution < 1.29 is 4.79 Å². The first kappa shape index (κ1) is 13.3. The number of nitrogens with zero attached hydrogens (tertiary/aromatic N) is 1. The Morgan fingerprint density at radius 1 is 1.26 bits per heavy atom. The number of benzene rings is 1. The molecule has 4 heteroatoms. The van der Waals surface area contributed by atoms with Crippen molar-refractivity contribution in [1.29, 1.82) is 0 Å². The number of nitrogens with one attached hydrogen (secondary N) is 1. The summed E-state index contributed by atoms with van der Waals surface area (Å²) in [6.45, 7) is 4.75. The quantitative estimate of drug-likeness (QED) is 0.908. The predicted molar refractivity (Wildman–Crippen MR) is 76.1 cm³/mol. The van der Waals surface area contributed by atoms with Gasteiger partial charge in [-0.25, -0.2) is 0 Å². The summed E-state index contributed by atoms with van der Waals surface area (Å²) in [5.74, 6) is 0.267. The largest absolute Gasteiger partial charge is 0.354 e. The van der Waals surface area contributed by atoms with Gasteiger partial charge < -0.3 is 9.88 Å². The molecular formula is C15H18N2O2. The molecule has 1 aromatic carbocycles. The SMILES string of the molecule is CC(C)CNC(=O)Cn1ccc2ccccc2c1=O. The maximum Gasteiger partial charge on any atom is 0.258 e. The summed E-state index contributed by atoms with van der Waals surface area (Å²) in [4.78, 5) is 23.9. The van der Waals surface area contributed by atoms with E-state index in [0.717, 1.165) is 5.39 Å². The Kier molecular flexibility index (Phi) is 4.00. The molecule has 0 radical (unpaired) electrons. The molecule has 2 aromatic rings. The fourth-order valence-corrected chi connectivity index (χ4v) is 1.88. The highest BCUT2D eigenvalue weighted by Crippen LogP contribution is 2.07. The summed E-state index contributed by atoms with van der Waals surface area (Å²) < 4.78 is 1.44. The fourth-order valence-electron chi connectivity index (χ4n) is 1.88. The third-order valence-electron chi connectivity index (χ3n) is 2.91. The maximum absolute atomic E-state index is 12.2. The van der Waals surface area contributed by atoms with Gasteiger partial charge >= 0.3 is 0 Å². The highest BCUT2D eigenvalue weighted by Gasteiger charge is 2.07. The van der Waals surface area contributed by atoms with E-state index in [1.165, 1.54) is 4.57 Å². The van der Waals surface area contributed by atoms with Crippen molar-refractivity contribution in [3.8, 4) is 0 Å². The van der Waals surface area contributed by atoms with E-state index in [1.807, 2.05) is 38.1 Å². The Bertz CT molecular complexity index is 644. The van der Waals surface area contributed by atoms with Gasteiger partial charge in [0.25, 0.3) is 5.56 Å². The normalized spacial score (nSPS) is 10.9. The molecule has 0 aliphatic carbocycles. The van der Waals surface area contributed by atoms with Gasteiger partial charge in [0.1, 0.15) is 6.54 Å². The molecular weight excluding hydrogens is 240 g/mol. The van der Waals surface area contributed by atoms with Gasteiger partial charge in [-0.3, -0.25) is 9.59 Å². The lowest BCUT2D eigenvalue weighted by Crippen LogP contribution is -2.34. The van der Waals surface area contributed by atoms with Crippen molar-refractivity contribution in [3.05, 3.63) is 46.9 Å². The first-order chi connectivity index (χ1) is 9.08. The summed E-state index contributed by atoms with van der Waals surface area (Å²) in [7, 11) is 0. The molecule has 1 heterocycles. The van der Waals surface area contributed by atoms with Crippen molar-refractivity contribution in [2.24, 2.45) is 5.92 Å². The zero-order chi connectivity index (χ0) is 13.8. The molecule has 0 aliphatic heterocycles. The van der Waals surface area contributed by atoms with Crippen molar-refractivity contribution >= 4 is 16.7 Å². The topological polar surface area (TPSA) is 51.1 Å². The van der Waals surface area contributed by atoms with Gasteiger partial charge in [-0.05, 0) is 23.4 Å². The van der Waals surface area contributed by atoms with Crippen LogP contribution in [0.25, 0.3) is 10.8 Å². The van der Waals surface area contributed by atoms with E-state index in [1.54, 1.807) is 12.3 Å². The van der Waals surface area contributed by atoms with Crippen LogP contribution in [0.5, 0.6) is 0 Å². The molecule has 2 rings (SSSR count). The van der Waals surface area contributed by atoms with Crippen LogP contribution in [-0.4, -0.2) is 17.0 Å². The number of pyridine rings is 1. The molecule has 0 bridgehead atoms. The Balaban J connectivity index is 2.20. The second-order valence-corrected chi connectivity index (χ2v) is 5.03. The van der Waals surface area contributed by atoms with Gasteiger partial charge in [-0.15, -0.1) is 0 Å². The number of amides is 1. The van der Waals surface area contributed by atoms with Gasteiger partial charge in [0.15, 0.2) is 0 Å². The summed E-state index contributed by atoms with van der Waals surface area (Å²) in [6.07, 6.45) is 1.67. The summed E-state index contributed by atoms with van der Waals surface area (Å²) in [5, 5.41) is 4.34. The zero-order valence-corrected chi connectivity index (χ0v) is 11.2. The number of fused-ring (bicyclic) bond motifs is 1. The molecule has 0 saturated carbocycles. The third-order valence-corrected chi connectivity index (χ3v) is 2.91. The van der Waals surface area contributed by atoms with E-state index in [0.29, 0.717) is 17.8 Å². The molecule has 19 heavy (non-hydrogen) atoms.